The van der Waals surface area contributed by atoms with Crippen LogP contribution in [0, 0.1) is 11.7 Å². The van der Waals surface area contributed by atoms with Gasteiger partial charge in [0, 0.05) is 30.5 Å². The summed E-state index contributed by atoms with van der Waals surface area (Å²) < 4.78 is 16.3. The molecule has 1 saturated carbocycles. The minimum absolute atomic E-state index is 0.0560. The summed E-state index contributed by atoms with van der Waals surface area (Å²) in [5.74, 6) is 1.03. The summed E-state index contributed by atoms with van der Waals surface area (Å²) in [6.07, 6.45) is 7.02. The molecule has 2 aliphatic rings. The molecule has 2 aromatic heterocycles. The maximum absolute atomic E-state index is 13.8. The number of nitrogens with zero attached hydrogens (tertiary/aromatic N) is 6. The zero-order chi connectivity index (χ0) is 23.3. The second-order valence-electron chi connectivity index (χ2n) is 9.08. The Bertz CT molecular complexity index is 1190. The zero-order valence-electron chi connectivity index (χ0n) is 18.7. The van der Waals surface area contributed by atoms with Crippen molar-refractivity contribution in [2.24, 2.45) is 5.92 Å². The third-order valence-electron chi connectivity index (χ3n) is 6.30. The standard InChI is InChI=1S/C23H25BrFN7O/c1-14(2)18-11-30(3)22(33)32(18)20-4-7-26-21(28-20)29-23(5-6-23)19-12-31(13-27-19)17-9-15(24)8-16(25)10-17/h4,7-10,12-14,18H,5-6,11H2,1-3H3,(H,26,28,29)/t18-/m1/s1. The predicted octanol–water partition coefficient (Wildman–Crippen LogP) is 4.56. The van der Waals surface area contributed by atoms with Crippen LogP contribution in [0.5, 0.6) is 0 Å². The third-order valence-corrected chi connectivity index (χ3v) is 6.76. The van der Waals surface area contributed by atoms with E-state index in [1.165, 1.54) is 12.1 Å². The zero-order valence-corrected chi connectivity index (χ0v) is 20.3. The number of urea groups is 1. The first-order chi connectivity index (χ1) is 15.8. The first kappa shape index (κ1) is 21.8. The smallest absolute Gasteiger partial charge is 0.325 e. The van der Waals surface area contributed by atoms with Crippen LogP contribution in [-0.4, -0.2) is 50.1 Å². The van der Waals surface area contributed by atoms with Gasteiger partial charge in [-0.2, -0.15) is 4.98 Å². The van der Waals surface area contributed by atoms with Crippen molar-refractivity contribution in [1.82, 2.24) is 24.4 Å². The number of benzene rings is 1. The lowest BCUT2D eigenvalue weighted by Gasteiger charge is -2.25. The molecular formula is C23H25BrFN7O. The van der Waals surface area contributed by atoms with Crippen molar-refractivity contribution in [2.75, 3.05) is 23.8 Å². The van der Waals surface area contributed by atoms with Crippen molar-refractivity contribution < 1.29 is 9.18 Å². The quantitative estimate of drug-likeness (QED) is 0.522. The van der Waals surface area contributed by atoms with Gasteiger partial charge in [-0.25, -0.2) is 19.2 Å². The molecule has 33 heavy (non-hydrogen) atoms. The molecule has 1 aromatic carbocycles. The Morgan fingerprint density at radius 1 is 1.24 bits per heavy atom. The second kappa shape index (κ2) is 8.09. The maximum atomic E-state index is 13.8. The van der Waals surface area contributed by atoms with Gasteiger partial charge in [0.25, 0.3) is 0 Å². The molecule has 172 valence electrons. The number of aromatic nitrogens is 4. The molecule has 10 heteroatoms. The Labute approximate surface area is 200 Å². The molecule has 0 bridgehead atoms. The third kappa shape index (κ3) is 4.07. The van der Waals surface area contributed by atoms with Gasteiger partial charge in [0.2, 0.25) is 5.95 Å². The van der Waals surface area contributed by atoms with Gasteiger partial charge in [-0.3, -0.25) is 4.90 Å². The fraction of sp³-hybridized carbons (Fsp3) is 0.391. The van der Waals surface area contributed by atoms with Crippen LogP contribution in [0.3, 0.4) is 0 Å². The van der Waals surface area contributed by atoms with Gasteiger partial charge in [0.1, 0.15) is 11.6 Å². The normalized spacial score (nSPS) is 19.5. The van der Waals surface area contributed by atoms with Gasteiger partial charge in [-0.15, -0.1) is 0 Å². The lowest BCUT2D eigenvalue weighted by molar-refractivity contribution is 0.229. The topological polar surface area (TPSA) is 79.2 Å². The molecule has 5 rings (SSSR count). The summed E-state index contributed by atoms with van der Waals surface area (Å²) >= 11 is 3.34. The number of imidazole rings is 1. The van der Waals surface area contributed by atoms with Crippen LogP contribution >= 0.6 is 15.9 Å². The Balaban J connectivity index is 1.39. The van der Waals surface area contributed by atoms with Gasteiger partial charge < -0.3 is 14.8 Å². The number of rotatable bonds is 6. The maximum Gasteiger partial charge on any atom is 0.325 e. The average Bonchev–Trinajstić information content (AvgIpc) is 3.23. The summed E-state index contributed by atoms with van der Waals surface area (Å²) in [7, 11) is 1.81. The lowest BCUT2D eigenvalue weighted by atomic mass is 10.0. The molecule has 1 aliphatic heterocycles. The second-order valence-corrected chi connectivity index (χ2v) is 10.00. The highest BCUT2D eigenvalue weighted by atomic mass is 79.9. The number of halogens is 2. The largest absolute Gasteiger partial charge is 0.343 e. The Morgan fingerprint density at radius 2 is 2.03 bits per heavy atom. The van der Waals surface area contributed by atoms with Crippen LogP contribution < -0.4 is 10.2 Å². The molecular weight excluding hydrogens is 489 g/mol. The van der Waals surface area contributed by atoms with E-state index in [9.17, 15) is 9.18 Å². The molecule has 2 fully saturated rings. The highest BCUT2D eigenvalue weighted by molar-refractivity contribution is 9.10. The summed E-state index contributed by atoms with van der Waals surface area (Å²) in [5, 5.41) is 3.43. The SMILES string of the molecule is CC(C)[C@H]1CN(C)C(=O)N1c1ccnc(NC2(c3cn(-c4cc(F)cc(Br)c4)cn3)CC2)n1. The van der Waals surface area contributed by atoms with E-state index in [0.717, 1.165) is 18.5 Å². The van der Waals surface area contributed by atoms with E-state index in [1.807, 2.05) is 19.3 Å². The molecule has 2 amide bonds. The summed E-state index contributed by atoms with van der Waals surface area (Å²) in [5.41, 5.74) is 1.15. The number of carbonyl (C=O) groups is 1. The minimum Gasteiger partial charge on any atom is -0.343 e. The van der Waals surface area contributed by atoms with E-state index in [0.29, 0.717) is 34.4 Å². The molecule has 0 radical (unpaired) electrons. The number of nitrogens with one attached hydrogen (secondary N) is 1. The molecule has 0 unspecified atom stereocenters. The van der Waals surface area contributed by atoms with Gasteiger partial charge in [0.15, 0.2) is 0 Å². The molecule has 3 heterocycles. The van der Waals surface area contributed by atoms with Gasteiger partial charge in [-0.1, -0.05) is 29.8 Å². The number of carbonyl (C=O) groups excluding carboxylic acids is 1. The Kier molecular flexibility index (Phi) is 5.35. The van der Waals surface area contributed by atoms with Crippen LogP contribution in [0.25, 0.3) is 5.69 Å². The fourth-order valence-electron chi connectivity index (χ4n) is 4.27. The van der Waals surface area contributed by atoms with Crippen molar-refractivity contribution in [2.45, 2.75) is 38.3 Å². The van der Waals surface area contributed by atoms with Crippen LogP contribution in [0.4, 0.5) is 21.0 Å². The Morgan fingerprint density at radius 3 is 2.73 bits per heavy atom. The van der Waals surface area contributed by atoms with Crippen molar-refractivity contribution in [3.05, 3.63) is 59.0 Å². The van der Waals surface area contributed by atoms with E-state index in [-0.39, 0.29) is 23.4 Å². The highest BCUT2D eigenvalue weighted by Gasteiger charge is 2.47. The number of amides is 2. The van der Waals surface area contributed by atoms with Crippen LogP contribution in [0.1, 0.15) is 32.4 Å². The number of hydrogen-bond donors (Lipinski definition) is 1. The minimum atomic E-state index is -0.377. The van der Waals surface area contributed by atoms with Crippen LogP contribution in [-0.2, 0) is 5.54 Å². The molecule has 1 saturated heterocycles. The van der Waals surface area contributed by atoms with Crippen molar-refractivity contribution in [1.29, 1.82) is 0 Å². The molecule has 1 aliphatic carbocycles. The fourth-order valence-corrected chi connectivity index (χ4v) is 4.72. The molecule has 0 spiro atoms. The number of anilines is 2. The molecule has 3 aromatic rings. The van der Waals surface area contributed by atoms with Crippen LogP contribution in [0.15, 0.2) is 47.5 Å². The first-order valence-electron chi connectivity index (χ1n) is 10.9. The van der Waals surface area contributed by atoms with Gasteiger partial charge in [-0.05, 0) is 43.0 Å². The highest BCUT2D eigenvalue weighted by Crippen LogP contribution is 2.47. The average molecular weight is 514 g/mol. The van der Waals surface area contributed by atoms with Crippen molar-refractivity contribution >= 4 is 33.7 Å². The van der Waals surface area contributed by atoms with E-state index in [1.54, 1.807) is 33.0 Å². The Hall–Kier alpha value is -3.01. The van der Waals surface area contributed by atoms with Gasteiger partial charge >= 0.3 is 6.03 Å². The van der Waals surface area contributed by atoms with Crippen LogP contribution in [0.2, 0.25) is 0 Å². The molecule has 1 N–H and O–H groups in total. The lowest BCUT2D eigenvalue weighted by Crippen LogP contribution is -2.38. The van der Waals surface area contributed by atoms with Gasteiger partial charge in [0.05, 0.1) is 29.3 Å². The summed E-state index contributed by atoms with van der Waals surface area (Å²) in [6, 6.07) is 6.49. The monoisotopic (exact) mass is 513 g/mol. The van der Waals surface area contributed by atoms with E-state index in [2.05, 4.69) is 50.0 Å². The van der Waals surface area contributed by atoms with E-state index < -0.39 is 0 Å². The first-order valence-corrected chi connectivity index (χ1v) is 11.7. The van der Waals surface area contributed by atoms with E-state index >= 15 is 0 Å². The molecule has 8 nitrogen and oxygen atoms in total. The summed E-state index contributed by atoms with van der Waals surface area (Å²) in [4.78, 5) is 29.9. The number of likely N-dealkylation sites (N-methyl/N-ethyl adjacent to an activating group) is 1. The summed E-state index contributed by atoms with van der Waals surface area (Å²) in [6.45, 7) is 4.88. The van der Waals surface area contributed by atoms with E-state index in [4.69, 9.17) is 0 Å². The number of hydrogen-bond acceptors (Lipinski definition) is 5. The predicted molar refractivity (Wildman–Crippen MR) is 127 cm³/mol. The van der Waals surface area contributed by atoms with Crippen molar-refractivity contribution in [3.8, 4) is 5.69 Å². The molecule has 1 atom stereocenters. The van der Waals surface area contributed by atoms with Crippen molar-refractivity contribution in [3.63, 3.8) is 0 Å².